The molecular formula is C13H13ClN2O2. The summed E-state index contributed by atoms with van der Waals surface area (Å²) in [6.45, 7) is 0.476. The molecule has 0 fully saturated rings. The van der Waals surface area contributed by atoms with Crippen molar-refractivity contribution in [1.82, 2.24) is 4.98 Å². The second kappa shape index (κ2) is 5.60. The van der Waals surface area contributed by atoms with Gasteiger partial charge in [0.25, 0.3) is 0 Å². The SMILES string of the molecule is COc1ccc(O)c(CNc2ccnc(Cl)c2)c1. The van der Waals surface area contributed by atoms with Crippen molar-refractivity contribution in [2.24, 2.45) is 0 Å². The molecule has 0 saturated carbocycles. The Bertz CT molecular complexity index is 546. The van der Waals surface area contributed by atoms with Gasteiger partial charge in [0.15, 0.2) is 0 Å². The van der Waals surface area contributed by atoms with E-state index >= 15 is 0 Å². The molecule has 0 atom stereocenters. The highest BCUT2D eigenvalue weighted by Gasteiger charge is 2.03. The summed E-state index contributed by atoms with van der Waals surface area (Å²) in [7, 11) is 1.59. The van der Waals surface area contributed by atoms with Gasteiger partial charge in [-0.2, -0.15) is 0 Å². The third kappa shape index (κ3) is 3.05. The van der Waals surface area contributed by atoms with E-state index in [0.29, 0.717) is 17.4 Å². The Morgan fingerprint density at radius 3 is 2.89 bits per heavy atom. The van der Waals surface area contributed by atoms with Crippen LogP contribution in [0.2, 0.25) is 5.15 Å². The monoisotopic (exact) mass is 264 g/mol. The van der Waals surface area contributed by atoms with Crippen LogP contribution in [0.5, 0.6) is 11.5 Å². The first-order valence-electron chi connectivity index (χ1n) is 5.40. The van der Waals surface area contributed by atoms with E-state index in [1.54, 1.807) is 37.6 Å². The van der Waals surface area contributed by atoms with E-state index in [2.05, 4.69) is 10.3 Å². The molecule has 0 saturated heterocycles. The van der Waals surface area contributed by atoms with Gasteiger partial charge < -0.3 is 15.2 Å². The summed E-state index contributed by atoms with van der Waals surface area (Å²) in [5.41, 5.74) is 1.60. The molecule has 2 N–H and O–H groups in total. The predicted molar refractivity (Wildman–Crippen MR) is 71.2 cm³/mol. The minimum Gasteiger partial charge on any atom is -0.508 e. The average molecular weight is 265 g/mol. The number of nitrogens with one attached hydrogen (secondary N) is 1. The van der Waals surface area contributed by atoms with E-state index in [4.69, 9.17) is 16.3 Å². The molecule has 0 aliphatic heterocycles. The number of hydrogen-bond acceptors (Lipinski definition) is 4. The van der Waals surface area contributed by atoms with Gasteiger partial charge in [-0.1, -0.05) is 11.6 Å². The lowest BCUT2D eigenvalue weighted by atomic mass is 10.2. The zero-order valence-electron chi connectivity index (χ0n) is 9.85. The molecular weight excluding hydrogens is 252 g/mol. The molecule has 18 heavy (non-hydrogen) atoms. The molecule has 0 spiro atoms. The van der Waals surface area contributed by atoms with E-state index in [1.165, 1.54) is 0 Å². The molecule has 1 aromatic heterocycles. The van der Waals surface area contributed by atoms with Crippen molar-refractivity contribution in [3.63, 3.8) is 0 Å². The number of rotatable bonds is 4. The number of hydrogen-bond donors (Lipinski definition) is 2. The number of phenolic OH excluding ortho intramolecular Hbond substituents is 1. The largest absolute Gasteiger partial charge is 0.508 e. The summed E-state index contributed by atoms with van der Waals surface area (Å²) in [6.07, 6.45) is 1.62. The van der Waals surface area contributed by atoms with Gasteiger partial charge in [-0.3, -0.25) is 0 Å². The van der Waals surface area contributed by atoms with Crippen molar-refractivity contribution < 1.29 is 9.84 Å². The van der Waals surface area contributed by atoms with Crippen molar-refractivity contribution in [1.29, 1.82) is 0 Å². The van der Waals surface area contributed by atoms with E-state index in [9.17, 15) is 5.11 Å². The van der Waals surface area contributed by atoms with Crippen LogP contribution in [0, 0.1) is 0 Å². The second-order valence-corrected chi connectivity index (χ2v) is 4.10. The highest BCUT2D eigenvalue weighted by Crippen LogP contribution is 2.24. The topological polar surface area (TPSA) is 54.4 Å². The standard InChI is InChI=1S/C13H13ClN2O2/c1-18-11-2-3-12(17)9(6-11)8-16-10-4-5-15-13(14)7-10/h2-7,17H,8H2,1H3,(H,15,16). The Labute approximate surface area is 110 Å². The molecule has 94 valence electrons. The maximum atomic E-state index is 9.73. The summed E-state index contributed by atoms with van der Waals surface area (Å²) in [5.74, 6) is 0.931. The van der Waals surface area contributed by atoms with Gasteiger partial charge in [0.2, 0.25) is 0 Å². The van der Waals surface area contributed by atoms with Crippen molar-refractivity contribution in [3.8, 4) is 11.5 Å². The number of methoxy groups -OCH3 is 1. The summed E-state index contributed by atoms with van der Waals surface area (Å²) >= 11 is 5.79. The Kier molecular flexibility index (Phi) is 3.89. The normalized spacial score (nSPS) is 10.1. The zero-order valence-corrected chi connectivity index (χ0v) is 10.6. The third-order valence-electron chi connectivity index (χ3n) is 2.50. The van der Waals surface area contributed by atoms with Gasteiger partial charge in [-0.15, -0.1) is 0 Å². The summed E-state index contributed by atoms with van der Waals surface area (Å²) < 4.78 is 5.11. The zero-order chi connectivity index (χ0) is 13.0. The number of anilines is 1. The molecule has 0 radical (unpaired) electrons. The molecule has 1 aromatic carbocycles. The van der Waals surface area contributed by atoms with Crippen LogP contribution in [-0.2, 0) is 6.54 Å². The van der Waals surface area contributed by atoms with Crippen LogP contribution >= 0.6 is 11.6 Å². The number of aromatic hydroxyl groups is 1. The number of aromatic nitrogens is 1. The van der Waals surface area contributed by atoms with Gasteiger partial charge in [0.05, 0.1) is 7.11 Å². The van der Waals surface area contributed by atoms with E-state index in [1.807, 2.05) is 6.07 Å². The molecule has 4 nitrogen and oxygen atoms in total. The summed E-state index contributed by atoms with van der Waals surface area (Å²) in [6, 6.07) is 8.63. The van der Waals surface area contributed by atoms with Crippen molar-refractivity contribution >= 4 is 17.3 Å². The van der Waals surface area contributed by atoms with Crippen molar-refractivity contribution in [2.75, 3.05) is 12.4 Å². The first-order chi connectivity index (χ1) is 8.69. The molecule has 0 aliphatic rings. The van der Waals surface area contributed by atoms with Crippen molar-refractivity contribution in [3.05, 3.63) is 47.2 Å². The molecule has 0 aliphatic carbocycles. The van der Waals surface area contributed by atoms with Gasteiger partial charge >= 0.3 is 0 Å². The molecule has 5 heteroatoms. The van der Waals surface area contributed by atoms with Crippen LogP contribution < -0.4 is 10.1 Å². The molecule has 2 rings (SSSR count). The lowest BCUT2D eigenvalue weighted by molar-refractivity contribution is 0.411. The Balaban J connectivity index is 2.10. The number of ether oxygens (including phenoxy) is 1. The predicted octanol–water partition coefficient (Wildman–Crippen LogP) is 3.06. The van der Waals surface area contributed by atoms with Crippen LogP contribution in [0.25, 0.3) is 0 Å². The first-order valence-corrected chi connectivity index (χ1v) is 5.78. The van der Waals surface area contributed by atoms with E-state index in [-0.39, 0.29) is 5.75 Å². The smallest absolute Gasteiger partial charge is 0.131 e. The number of pyridine rings is 1. The van der Waals surface area contributed by atoms with Crippen LogP contribution in [0.15, 0.2) is 36.5 Å². The number of nitrogens with zero attached hydrogens (tertiary/aromatic N) is 1. The van der Waals surface area contributed by atoms with Crippen LogP contribution in [0.1, 0.15) is 5.56 Å². The highest BCUT2D eigenvalue weighted by atomic mass is 35.5. The maximum absolute atomic E-state index is 9.73. The minimum atomic E-state index is 0.225. The maximum Gasteiger partial charge on any atom is 0.131 e. The van der Waals surface area contributed by atoms with Crippen LogP contribution in [-0.4, -0.2) is 17.2 Å². The summed E-state index contributed by atoms with van der Waals surface area (Å²) in [4.78, 5) is 3.90. The van der Waals surface area contributed by atoms with Crippen LogP contribution in [0.3, 0.4) is 0 Å². The molecule has 0 bridgehead atoms. The first kappa shape index (κ1) is 12.5. The third-order valence-corrected chi connectivity index (χ3v) is 2.70. The highest BCUT2D eigenvalue weighted by molar-refractivity contribution is 6.29. The molecule has 0 unspecified atom stereocenters. The van der Waals surface area contributed by atoms with Crippen LogP contribution in [0.4, 0.5) is 5.69 Å². The van der Waals surface area contributed by atoms with E-state index in [0.717, 1.165) is 11.3 Å². The van der Waals surface area contributed by atoms with Crippen molar-refractivity contribution in [2.45, 2.75) is 6.54 Å². The fourth-order valence-corrected chi connectivity index (χ4v) is 1.71. The number of phenols is 1. The van der Waals surface area contributed by atoms with E-state index < -0.39 is 0 Å². The number of benzene rings is 1. The Morgan fingerprint density at radius 1 is 1.33 bits per heavy atom. The molecule has 0 amide bonds. The Hall–Kier alpha value is -1.94. The fourth-order valence-electron chi connectivity index (χ4n) is 1.54. The Morgan fingerprint density at radius 2 is 2.17 bits per heavy atom. The quantitative estimate of drug-likeness (QED) is 0.834. The number of halogens is 1. The second-order valence-electron chi connectivity index (χ2n) is 3.72. The van der Waals surface area contributed by atoms with Gasteiger partial charge in [0.1, 0.15) is 16.7 Å². The lowest BCUT2D eigenvalue weighted by Crippen LogP contribution is -2.00. The molecule has 2 aromatic rings. The van der Waals surface area contributed by atoms with Gasteiger partial charge in [-0.25, -0.2) is 4.98 Å². The van der Waals surface area contributed by atoms with Gasteiger partial charge in [0, 0.05) is 24.0 Å². The van der Waals surface area contributed by atoms with Gasteiger partial charge in [-0.05, 0) is 30.3 Å². The lowest BCUT2D eigenvalue weighted by Gasteiger charge is -2.09. The fraction of sp³-hybridized carbons (Fsp3) is 0.154. The molecule has 1 heterocycles. The average Bonchev–Trinajstić information content (AvgIpc) is 2.38. The minimum absolute atomic E-state index is 0.225. The summed E-state index contributed by atoms with van der Waals surface area (Å²) in [5, 5.41) is 13.3.